The van der Waals surface area contributed by atoms with Crippen LogP contribution < -0.4 is 5.32 Å². The van der Waals surface area contributed by atoms with Crippen molar-refractivity contribution in [3.8, 4) is 0 Å². The van der Waals surface area contributed by atoms with E-state index in [9.17, 15) is 9.59 Å². The van der Waals surface area contributed by atoms with Crippen molar-refractivity contribution < 1.29 is 9.59 Å². The number of nitrogens with one attached hydrogen (secondary N) is 1. The zero-order valence-corrected chi connectivity index (χ0v) is 12.3. The lowest BCUT2D eigenvalue weighted by atomic mass is 10.1. The Bertz CT molecular complexity index is 646. The quantitative estimate of drug-likeness (QED) is 0.875. The van der Waals surface area contributed by atoms with Crippen LogP contribution in [0.5, 0.6) is 0 Å². The average molecular weight is 283 g/mol. The normalized spacial score (nSPS) is 10.5. The molecule has 1 amide bonds. The van der Waals surface area contributed by atoms with Gasteiger partial charge in [-0.15, -0.1) is 5.10 Å². The Kier molecular flexibility index (Phi) is 4.42. The smallest absolute Gasteiger partial charge is 0.276 e. The molecule has 1 aromatic heterocycles. The Labute approximate surface area is 123 Å². The third-order valence-electron chi connectivity index (χ3n) is 3.06. The SMILES string of the molecule is CC(=O)c1ccc(NC(=O)c2ccc(C(C)C)nn2)cc1. The fraction of sp³-hybridized carbons (Fsp3) is 0.250. The molecular weight excluding hydrogens is 266 g/mol. The summed E-state index contributed by atoms with van der Waals surface area (Å²) in [7, 11) is 0. The van der Waals surface area contributed by atoms with Gasteiger partial charge in [0.2, 0.25) is 0 Å². The van der Waals surface area contributed by atoms with Gasteiger partial charge >= 0.3 is 0 Å². The third kappa shape index (κ3) is 3.72. The molecule has 108 valence electrons. The average Bonchev–Trinajstić information content (AvgIpc) is 2.47. The summed E-state index contributed by atoms with van der Waals surface area (Å²) in [6, 6.07) is 10.2. The molecule has 0 aliphatic heterocycles. The summed E-state index contributed by atoms with van der Waals surface area (Å²) in [5, 5.41) is 10.7. The number of carbonyl (C=O) groups is 2. The highest BCUT2D eigenvalue weighted by Crippen LogP contribution is 2.13. The molecule has 0 spiro atoms. The summed E-state index contributed by atoms with van der Waals surface area (Å²) in [4.78, 5) is 23.2. The van der Waals surface area contributed by atoms with Gasteiger partial charge < -0.3 is 5.32 Å². The molecule has 0 aliphatic rings. The zero-order valence-electron chi connectivity index (χ0n) is 12.3. The second-order valence-corrected chi connectivity index (χ2v) is 5.09. The van der Waals surface area contributed by atoms with E-state index in [4.69, 9.17) is 0 Å². The molecule has 0 unspecified atom stereocenters. The number of rotatable bonds is 4. The van der Waals surface area contributed by atoms with Crippen LogP contribution in [0.4, 0.5) is 5.69 Å². The maximum Gasteiger partial charge on any atom is 0.276 e. The van der Waals surface area contributed by atoms with Crippen molar-refractivity contribution in [2.24, 2.45) is 0 Å². The van der Waals surface area contributed by atoms with Crippen LogP contribution in [0.3, 0.4) is 0 Å². The Hall–Kier alpha value is -2.56. The number of anilines is 1. The van der Waals surface area contributed by atoms with Gasteiger partial charge in [0.1, 0.15) is 0 Å². The molecule has 1 N–H and O–H groups in total. The molecular formula is C16H17N3O2. The minimum absolute atomic E-state index is 0.0111. The van der Waals surface area contributed by atoms with Gasteiger partial charge in [-0.2, -0.15) is 5.10 Å². The molecule has 0 saturated heterocycles. The van der Waals surface area contributed by atoms with E-state index in [2.05, 4.69) is 15.5 Å². The Morgan fingerprint density at radius 1 is 1.00 bits per heavy atom. The van der Waals surface area contributed by atoms with Crippen LogP contribution in [-0.2, 0) is 0 Å². The van der Waals surface area contributed by atoms with Crippen molar-refractivity contribution in [1.29, 1.82) is 0 Å². The number of amides is 1. The van der Waals surface area contributed by atoms with Gasteiger partial charge in [0.25, 0.3) is 5.91 Å². The predicted molar refractivity (Wildman–Crippen MR) is 80.5 cm³/mol. The number of benzene rings is 1. The summed E-state index contributed by atoms with van der Waals surface area (Å²) in [6.45, 7) is 5.53. The summed E-state index contributed by atoms with van der Waals surface area (Å²) in [6.07, 6.45) is 0. The summed E-state index contributed by atoms with van der Waals surface area (Å²) < 4.78 is 0. The number of hydrogen-bond donors (Lipinski definition) is 1. The van der Waals surface area contributed by atoms with Crippen LogP contribution in [-0.4, -0.2) is 21.9 Å². The Morgan fingerprint density at radius 2 is 1.67 bits per heavy atom. The van der Waals surface area contributed by atoms with Gasteiger partial charge in [-0.3, -0.25) is 9.59 Å². The summed E-state index contributed by atoms with van der Waals surface area (Å²) in [5.74, 6) is -0.0647. The van der Waals surface area contributed by atoms with E-state index in [-0.39, 0.29) is 23.3 Å². The Balaban J connectivity index is 2.08. The molecule has 5 nitrogen and oxygen atoms in total. The van der Waals surface area contributed by atoms with Crippen LogP contribution in [0.2, 0.25) is 0 Å². The largest absolute Gasteiger partial charge is 0.321 e. The van der Waals surface area contributed by atoms with Crippen LogP contribution in [0.25, 0.3) is 0 Å². The summed E-state index contributed by atoms with van der Waals surface area (Å²) >= 11 is 0. The number of Topliss-reactive ketones (excluding diaryl/α,β-unsaturated/α-hetero) is 1. The summed E-state index contributed by atoms with van der Waals surface area (Å²) in [5.41, 5.74) is 2.32. The molecule has 0 radical (unpaired) electrons. The molecule has 1 heterocycles. The van der Waals surface area contributed by atoms with Gasteiger partial charge in [-0.25, -0.2) is 0 Å². The lowest BCUT2D eigenvalue weighted by molar-refractivity contribution is 0.101. The van der Waals surface area contributed by atoms with Crippen molar-refractivity contribution >= 4 is 17.4 Å². The second kappa shape index (κ2) is 6.26. The van der Waals surface area contributed by atoms with E-state index in [0.29, 0.717) is 11.3 Å². The van der Waals surface area contributed by atoms with E-state index in [1.165, 1.54) is 6.92 Å². The standard InChI is InChI=1S/C16H17N3O2/c1-10(2)14-8-9-15(19-18-14)16(21)17-13-6-4-12(5-7-13)11(3)20/h4-10H,1-3H3,(H,17,21). The Morgan fingerprint density at radius 3 is 2.14 bits per heavy atom. The van der Waals surface area contributed by atoms with Crippen LogP contribution >= 0.6 is 0 Å². The number of hydrogen-bond acceptors (Lipinski definition) is 4. The fourth-order valence-electron chi connectivity index (χ4n) is 1.76. The van der Waals surface area contributed by atoms with Crippen molar-refractivity contribution in [3.05, 3.63) is 53.3 Å². The first-order valence-corrected chi connectivity index (χ1v) is 6.73. The van der Waals surface area contributed by atoms with E-state index >= 15 is 0 Å². The molecule has 2 rings (SSSR count). The lowest BCUT2D eigenvalue weighted by Gasteiger charge is -2.06. The first-order valence-electron chi connectivity index (χ1n) is 6.73. The van der Waals surface area contributed by atoms with Gasteiger partial charge in [-0.05, 0) is 49.2 Å². The van der Waals surface area contributed by atoms with E-state index in [1.807, 2.05) is 13.8 Å². The van der Waals surface area contributed by atoms with Crippen molar-refractivity contribution in [2.75, 3.05) is 5.32 Å². The van der Waals surface area contributed by atoms with Gasteiger partial charge in [0.15, 0.2) is 11.5 Å². The van der Waals surface area contributed by atoms with E-state index < -0.39 is 0 Å². The maximum absolute atomic E-state index is 12.0. The third-order valence-corrected chi connectivity index (χ3v) is 3.06. The van der Waals surface area contributed by atoms with Crippen LogP contribution in [0.1, 0.15) is 53.2 Å². The topological polar surface area (TPSA) is 72.0 Å². The monoisotopic (exact) mass is 283 g/mol. The zero-order chi connectivity index (χ0) is 15.4. The number of nitrogens with zero attached hydrogens (tertiary/aromatic N) is 2. The highest BCUT2D eigenvalue weighted by atomic mass is 16.2. The highest BCUT2D eigenvalue weighted by Gasteiger charge is 2.10. The van der Waals surface area contributed by atoms with Gasteiger partial charge in [0.05, 0.1) is 5.69 Å². The molecule has 0 aliphatic carbocycles. The van der Waals surface area contributed by atoms with Crippen LogP contribution in [0.15, 0.2) is 36.4 Å². The predicted octanol–water partition coefficient (Wildman–Crippen LogP) is 3.05. The van der Waals surface area contributed by atoms with E-state index in [1.54, 1.807) is 36.4 Å². The number of ketones is 1. The van der Waals surface area contributed by atoms with E-state index in [0.717, 1.165) is 5.69 Å². The molecule has 1 aromatic carbocycles. The molecule has 0 fully saturated rings. The molecule has 5 heteroatoms. The fourth-order valence-corrected chi connectivity index (χ4v) is 1.76. The minimum atomic E-state index is -0.326. The van der Waals surface area contributed by atoms with Crippen LogP contribution in [0, 0.1) is 0 Å². The molecule has 2 aromatic rings. The van der Waals surface area contributed by atoms with Crippen molar-refractivity contribution in [2.45, 2.75) is 26.7 Å². The highest BCUT2D eigenvalue weighted by molar-refractivity contribution is 6.03. The number of aromatic nitrogens is 2. The maximum atomic E-state index is 12.0. The van der Waals surface area contributed by atoms with Gasteiger partial charge in [-0.1, -0.05) is 13.8 Å². The molecule has 0 bridgehead atoms. The minimum Gasteiger partial charge on any atom is -0.321 e. The first kappa shape index (κ1) is 14.8. The lowest BCUT2D eigenvalue weighted by Crippen LogP contribution is -2.15. The van der Waals surface area contributed by atoms with Gasteiger partial charge in [0, 0.05) is 11.3 Å². The second-order valence-electron chi connectivity index (χ2n) is 5.09. The number of carbonyl (C=O) groups excluding carboxylic acids is 2. The van der Waals surface area contributed by atoms with Crippen molar-refractivity contribution in [3.63, 3.8) is 0 Å². The molecule has 0 saturated carbocycles. The van der Waals surface area contributed by atoms with Crippen molar-refractivity contribution in [1.82, 2.24) is 10.2 Å². The first-order chi connectivity index (χ1) is 9.97. The molecule has 0 atom stereocenters. The molecule has 21 heavy (non-hydrogen) atoms.